The highest BCUT2D eigenvalue weighted by molar-refractivity contribution is 4.93. The van der Waals surface area contributed by atoms with Gasteiger partial charge in [0.2, 0.25) is 0 Å². The molecule has 1 spiro atoms. The van der Waals surface area contributed by atoms with Crippen LogP contribution in [0.2, 0.25) is 0 Å². The van der Waals surface area contributed by atoms with E-state index in [1.807, 2.05) is 0 Å². The molecule has 0 saturated carbocycles. The van der Waals surface area contributed by atoms with E-state index in [0.29, 0.717) is 13.0 Å². The van der Waals surface area contributed by atoms with E-state index in [0.717, 1.165) is 32.5 Å². The molecule has 2 nitrogen and oxygen atoms in total. The molecule has 70 valence electrons. The molecule has 2 aliphatic rings. The number of rotatable bonds is 0. The second-order valence-electron chi connectivity index (χ2n) is 3.95. The monoisotopic (exact) mass is 173 g/mol. The summed E-state index contributed by atoms with van der Waals surface area (Å²) < 4.78 is 19.0. The normalized spacial score (nSPS) is 43.2. The Hall–Kier alpha value is -0.150. The first-order valence-electron chi connectivity index (χ1n) is 4.76. The van der Waals surface area contributed by atoms with Crippen molar-refractivity contribution in [2.45, 2.75) is 25.4 Å². The maximum Gasteiger partial charge on any atom is 0.110 e. The van der Waals surface area contributed by atoms with E-state index in [1.165, 1.54) is 0 Å². The van der Waals surface area contributed by atoms with Crippen LogP contribution in [0.15, 0.2) is 0 Å². The van der Waals surface area contributed by atoms with Crippen LogP contribution in [0.25, 0.3) is 0 Å². The Morgan fingerprint density at radius 2 is 2.42 bits per heavy atom. The molecule has 0 bridgehead atoms. The fraction of sp³-hybridized carbons (Fsp3) is 1.00. The summed E-state index contributed by atoms with van der Waals surface area (Å²) in [5.41, 5.74) is -0.184. The molecule has 2 rings (SSSR count). The lowest BCUT2D eigenvalue weighted by Crippen LogP contribution is -2.52. The zero-order valence-electron chi connectivity index (χ0n) is 7.31. The summed E-state index contributed by atoms with van der Waals surface area (Å²) in [4.78, 5) is 0. The minimum Gasteiger partial charge on any atom is -0.381 e. The van der Waals surface area contributed by atoms with E-state index in [1.54, 1.807) is 0 Å². The van der Waals surface area contributed by atoms with Crippen molar-refractivity contribution in [3.8, 4) is 0 Å². The van der Waals surface area contributed by atoms with Gasteiger partial charge < -0.3 is 10.1 Å². The quantitative estimate of drug-likeness (QED) is 0.592. The standard InChI is InChI=1S/C9H16FNO/c10-8-2-4-11-6-9(8)3-1-5-12-7-9/h8,11H,1-7H2. The van der Waals surface area contributed by atoms with Crippen molar-refractivity contribution in [1.82, 2.24) is 5.32 Å². The summed E-state index contributed by atoms with van der Waals surface area (Å²) in [6.45, 7) is 3.05. The predicted octanol–water partition coefficient (Wildman–Crippen LogP) is 1.11. The fourth-order valence-corrected chi connectivity index (χ4v) is 2.24. The second-order valence-corrected chi connectivity index (χ2v) is 3.95. The van der Waals surface area contributed by atoms with Crippen molar-refractivity contribution < 1.29 is 9.13 Å². The Morgan fingerprint density at radius 1 is 1.50 bits per heavy atom. The summed E-state index contributed by atoms with van der Waals surface area (Å²) in [5.74, 6) is 0. The van der Waals surface area contributed by atoms with Crippen LogP contribution in [-0.2, 0) is 4.74 Å². The van der Waals surface area contributed by atoms with Crippen LogP contribution in [0.5, 0.6) is 0 Å². The predicted molar refractivity (Wildman–Crippen MR) is 44.9 cm³/mol. The lowest BCUT2D eigenvalue weighted by Gasteiger charge is -2.42. The van der Waals surface area contributed by atoms with E-state index in [4.69, 9.17) is 4.74 Å². The van der Waals surface area contributed by atoms with Crippen molar-refractivity contribution >= 4 is 0 Å². The molecule has 2 unspecified atom stereocenters. The van der Waals surface area contributed by atoms with Gasteiger partial charge in [0.1, 0.15) is 6.17 Å². The number of hydrogen-bond donors (Lipinski definition) is 1. The van der Waals surface area contributed by atoms with Gasteiger partial charge in [0.05, 0.1) is 6.61 Å². The van der Waals surface area contributed by atoms with Crippen molar-refractivity contribution in [2.75, 3.05) is 26.3 Å². The van der Waals surface area contributed by atoms with Crippen molar-refractivity contribution in [2.24, 2.45) is 5.41 Å². The maximum absolute atomic E-state index is 13.6. The van der Waals surface area contributed by atoms with E-state index in [2.05, 4.69) is 5.32 Å². The molecule has 0 aliphatic carbocycles. The average molecular weight is 173 g/mol. The van der Waals surface area contributed by atoms with Crippen LogP contribution >= 0.6 is 0 Å². The summed E-state index contributed by atoms with van der Waals surface area (Å²) >= 11 is 0. The number of nitrogens with one attached hydrogen (secondary N) is 1. The minimum atomic E-state index is -0.654. The highest BCUT2D eigenvalue weighted by Crippen LogP contribution is 2.36. The highest BCUT2D eigenvalue weighted by Gasteiger charge is 2.42. The topological polar surface area (TPSA) is 21.3 Å². The first kappa shape index (κ1) is 8.45. The summed E-state index contributed by atoms with van der Waals surface area (Å²) in [6.07, 6.45) is 2.01. The van der Waals surface area contributed by atoms with Gasteiger partial charge in [-0.1, -0.05) is 0 Å². The fourth-order valence-electron chi connectivity index (χ4n) is 2.24. The maximum atomic E-state index is 13.6. The van der Waals surface area contributed by atoms with E-state index >= 15 is 0 Å². The zero-order valence-corrected chi connectivity index (χ0v) is 7.31. The molecule has 1 N–H and O–H groups in total. The number of hydrogen-bond acceptors (Lipinski definition) is 2. The second kappa shape index (κ2) is 3.30. The first-order chi connectivity index (χ1) is 5.83. The Balaban J connectivity index is 2.04. The van der Waals surface area contributed by atoms with Gasteiger partial charge in [-0.25, -0.2) is 4.39 Å². The summed E-state index contributed by atoms with van der Waals surface area (Å²) in [5, 5.41) is 3.26. The van der Waals surface area contributed by atoms with Crippen LogP contribution in [-0.4, -0.2) is 32.5 Å². The minimum absolute atomic E-state index is 0.184. The van der Waals surface area contributed by atoms with Gasteiger partial charge in [-0.05, 0) is 25.8 Å². The molecule has 0 aromatic heterocycles. The average Bonchev–Trinajstić information content (AvgIpc) is 2.12. The van der Waals surface area contributed by atoms with Gasteiger partial charge in [-0.3, -0.25) is 0 Å². The third-order valence-electron chi connectivity index (χ3n) is 3.07. The van der Waals surface area contributed by atoms with Crippen LogP contribution in [0.3, 0.4) is 0 Å². The smallest absolute Gasteiger partial charge is 0.110 e. The number of ether oxygens (including phenoxy) is 1. The zero-order chi connectivity index (χ0) is 8.44. The van der Waals surface area contributed by atoms with Crippen LogP contribution < -0.4 is 5.32 Å². The molecule has 0 amide bonds. The summed E-state index contributed by atoms with van der Waals surface area (Å²) in [6, 6.07) is 0. The van der Waals surface area contributed by atoms with Crippen LogP contribution in [0.4, 0.5) is 4.39 Å². The van der Waals surface area contributed by atoms with Crippen molar-refractivity contribution in [3.63, 3.8) is 0 Å². The van der Waals surface area contributed by atoms with Crippen molar-refractivity contribution in [3.05, 3.63) is 0 Å². The molecule has 12 heavy (non-hydrogen) atoms. The van der Waals surface area contributed by atoms with Gasteiger partial charge in [0.25, 0.3) is 0 Å². The van der Waals surface area contributed by atoms with Gasteiger partial charge in [-0.15, -0.1) is 0 Å². The van der Waals surface area contributed by atoms with Gasteiger partial charge in [-0.2, -0.15) is 0 Å². The van der Waals surface area contributed by atoms with Gasteiger partial charge in [0, 0.05) is 18.6 Å². The molecule has 0 aromatic rings. The number of piperidine rings is 1. The van der Waals surface area contributed by atoms with Gasteiger partial charge in [0.15, 0.2) is 0 Å². The molecule has 2 saturated heterocycles. The molecule has 2 heterocycles. The molecule has 0 radical (unpaired) electrons. The molecule has 2 aliphatic heterocycles. The number of halogens is 1. The number of alkyl halides is 1. The lowest BCUT2D eigenvalue weighted by molar-refractivity contribution is -0.0640. The highest BCUT2D eigenvalue weighted by atomic mass is 19.1. The summed E-state index contributed by atoms with van der Waals surface area (Å²) in [7, 11) is 0. The Bertz CT molecular complexity index is 148. The molecular weight excluding hydrogens is 157 g/mol. The Labute approximate surface area is 72.5 Å². The molecular formula is C9H16FNO. The third kappa shape index (κ3) is 1.36. The van der Waals surface area contributed by atoms with E-state index in [-0.39, 0.29) is 5.41 Å². The largest absolute Gasteiger partial charge is 0.381 e. The third-order valence-corrected chi connectivity index (χ3v) is 3.07. The van der Waals surface area contributed by atoms with Gasteiger partial charge >= 0.3 is 0 Å². The Kier molecular flexibility index (Phi) is 2.33. The SMILES string of the molecule is FC1CCNCC12CCCOC2. The lowest BCUT2D eigenvalue weighted by atomic mass is 9.75. The first-order valence-corrected chi connectivity index (χ1v) is 4.76. The molecule has 2 fully saturated rings. The molecule has 2 atom stereocenters. The van der Waals surface area contributed by atoms with Crippen molar-refractivity contribution in [1.29, 1.82) is 0 Å². The Morgan fingerprint density at radius 3 is 3.08 bits per heavy atom. The van der Waals surface area contributed by atoms with E-state index in [9.17, 15) is 4.39 Å². The van der Waals surface area contributed by atoms with Crippen LogP contribution in [0.1, 0.15) is 19.3 Å². The molecule has 0 aromatic carbocycles. The molecule has 3 heteroatoms. The van der Waals surface area contributed by atoms with Crippen LogP contribution in [0, 0.1) is 5.41 Å². The van der Waals surface area contributed by atoms with E-state index < -0.39 is 6.17 Å².